The highest BCUT2D eigenvalue weighted by atomic mass is 31.1. The van der Waals surface area contributed by atoms with E-state index in [1.165, 1.54) is 38.3 Å². The Morgan fingerprint density at radius 3 is 2.50 bits per heavy atom. The molecule has 0 aliphatic heterocycles. The van der Waals surface area contributed by atoms with Crippen LogP contribution in [0.3, 0.4) is 0 Å². The molecule has 1 rings (SSSR count). The van der Waals surface area contributed by atoms with Gasteiger partial charge in [0.25, 0.3) is 0 Å². The molecule has 1 saturated carbocycles. The normalized spacial score (nSPS) is 22.5. The van der Waals surface area contributed by atoms with E-state index < -0.39 is 0 Å². The highest BCUT2D eigenvalue weighted by molar-refractivity contribution is 7.38. The van der Waals surface area contributed by atoms with E-state index in [4.69, 9.17) is 5.73 Å². The summed E-state index contributed by atoms with van der Waals surface area (Å²) in [5, 5.41) is 0. The Bertz CT molecular complexity index is 79.3. The SMILES string of the molecule is NCCPC1CCCCC1. The number of rotatable bonds is 3. The van der Waals surface area contributed by atoms with Crippen LogP contribution in [0, 0.1) is 0 Å². The maximum absolute atomic E-state index is 5.45. The van der Waals surface area contributed by atoms with Gasteiger partial charge in [0.2, 0.25) is 0 Å². The topological polar surface area (TPSA) is 26.0 Å². The van der Waals surface area contributed by atoms with Crippen LogP contribution >= 0.6 is 8.58 Å². The van der Waals surface area contributed by atoms with E-state index in [1.807, 2.05) is 0 Å². The summed E-state index contributed by atoms with van der Waals surface area (Å²) in [7, 11) is 1.16. The predicted octanol–water partition coefficient (Wildman–Crippen LogP) is 1.96. The first-order valence-corrected chi connectivity index (χ1v) is 5.65. The molecular formula is C8H18NP. The van der Waals surface area contributed by atoms with Gasteiger partial charge in [-0.15, -0.1) is 8.58 Å². The second-order valence-electron chi connectivity index (χ2n) is 3.08. The molecule has 2 heteroatoms. The first-order chi connectivity index (χ1) is 4.93. The summed E-state index contributed by atoms with van der Waals surface area (Å²) in [4.78, 5) is 0. The van der Waals surface area contributed by atoms with Crippen molar-refractivity contribution in [2.75, 3.05) is 12.7 Å². The summed E-state index contributed by atoms with van der Waals surface area (Å²) >= 11 is 0. The van der Waals surface area contributed by atoms with Gasteiger partial charge in [-0.25, -0.2) is 0 Å². The van der Waals surface area contributed by atoms with Gasteiger partial charge < -0.3 is 5.73 Å². The molecule has 0 heterocycles. The van der Waals surface area contributed by atoms with E-state index >= 15 is 0 Å². The molecule has 1 unspecified atom stereocenters. The van der Waals surface area contributed by atoms with Crippen molar-refractivity contribution in [1.82, 2.24) is 0 Å². The van der Waals surface area contributed by atoms with Gasteiger partial charge in [0.15, 0.2) is 0 Å². The highest BCUT2D eigenvalue weighted by Crippen LogP contribution is 2.31. The Hall–Kier alpha value is 0.390. The van der Waals surface area contributed by atoms with Gasteiger partial charge in [0.05, 0.1) is 0 Å². The summed E-state index contributed by atoms with van der Waals surface area (Å²) in [6.45, 7) is 0.898. The molecule has 1 nitrogen and oxygen atoms in total. The number of hydrogen-bond acceptors (Lipinski definition) is 1. The lowest BCUT2D eigenvalue weighted by Gasteiger charge is -2.20. The molecule has 2 N–H and O–H groups in total. The second-order valence-corrected chi connectivity index (χ2v) is 4.80. The minimum atomic E-state index is 0.898. The van der Waals surface area contributed by atoms with Crippen LogP contribution in [0.1, 0.15) is 32.1 Å². The van der Waals surface area contributed by atoms with Crippen molar-refractivity contribution in [3.05, 3.63) is 0 Å². The predicted molar refractivity (Wildman–Crippen MR) is 49.1 cm³/mol. The maximum atomic E-state index is 5.45. The standard InChI is InChI=1S/C8H18NP/c9-6-7-10-8-4-2-1-3-5-8/h8,10H,1-7,9H2. The van der Waals surface area contributed by atoms with Crippen LogP contribution in [0.25, 0.3) is 0 Å². The van der Waals surface area contributed by atoms with Gasteiger partial charge in [0.1, 0.15) is 0 Å². The smallest absolute Gasteiger partial charge is 0.00401 e. The average molecular weight is 159 g/mol. The monoisotopic (exact) mass is 159 g/mol. The third kappa shape index (κ3) is 2.98. The Balaban J connectivity index is 2.02. The van der Waals surface area contributed by atoms with Crippen molar-refractivity contribution in [1.29, 1.82) is 0 Å². The lowest BCUT2D eigenvalue weighted by molar-refractivity contribution is 0.513. The van der Waals surface area contributed by atoms with Crippen LogP contribution in [-0.4, -0.2) is 18.4 Å². The quantitative estimate of drug-likeness (QED) is 0.626. The largest absolute Gasteiger partial charge is 0.330 e. The Labute approximate surface area is 65.5 Å². The molecule has 0 amide bonds. The number of nitrogens with two attached hydrogens (primary N) is 1. The minimum Gasteiger partial charge on any atom is -0.330 e. The van der Waals surface area contributed by atoms with Gasteiger partial charge in [-0.2, -0.15) is 0 Å². The molecule has 10 heavy (non-hydrogen) atoms. The molecule has 0 radical (unpaired) electrons. The summed E-state index contributed by atoms with van der Waals surface area (Å²) in [5.74, 6) is 0. The Morgan fingerprint density at radius 1 is 1.20 bits per heavy atom. The van der Waals surface area contributed by atoms with E-state index in [0.29, 0.717) is 0 Å². The summed E-state index contributed by atoms with van der Waals surface area (Å²) in [6, 6.07) is 0. The van der Waals surface area contributed by atoms with Gasteiger partial charge in [0, 0.05) is 0 Å². The molecule has 1 fully saturated rings. The zero-order valence-corrected chi connectivity index (χ0v) is 7.60. The van der Waals surface area contributed by atoms with E-state index in [2.05, 4.69) is 0 Å². The molecule has 1 aliphatic carbocycles. The van der Waals surface area contributed by atoms with Gasteiger partial charge in [-0.1, -0.05) is 19.3 Å². The maximum Gasteiger partial charge on any atom is -0.00401 e. The fraction of sp³-hybridized carbons (Fsp3) is 1.00. The van der Waals surface area contributed by atoms with Crippen LogP contribution in [-0.2, 0) is 0 Å². The van der Waals surface area contributed by atoms with Crippen molar-refractivity contribution >= 4 is 8.58 Å². The van der Waals surface area contributed by atoms with Crippen molar-refractivity contribution in [3.63, 3.8) is 0 Å². The van der Waals surface area contributed by atoms with E-state index in [0.717, 1.165) is 20.8 Å². The molecule has 0 aromatic rings. The van der Waals surface area contributed by atoms with Gasteiger partial charge in [-0.3, -0.25) is 0 Å². The van der Waals surface area contributed by atoms with Crippen LogP contribution in [0.15, 0.2) is 0 Å². The van der Waals surface area contributed by atoms with Gasteiger partial charge >= 0.3 is 0 Å². The average Bonchev–Trinajstić information content (AvgIpc) is 2.03. The molecule has 0 bridgehead atoms. The first kappa shape index (κ1) is 8.49. The molecule has 0 aromatic heterocycles. The van der Waals surface area contributed by atoms with E-state index in [9.17, 15) is 0 Å². The first-order valence-electron chi connectivity index (χ1n) is 4.37. The minimum absolute atomic E-state index is 0.898. The van der Waals surface area contributed by atoms with Crippen molar-refractivity contribution < 1.29 is 0 Å². The number of hydrogen-bond donors (Lipinski definition) is 1. The molecule has 0 spiro atoms. The highest BCUT2D eigenvalue weighted by Gasteiger charge is 2.11. The zero-order chi connectivity index (χ0) is 7.23. The molecule has 60 valence electrons. The third-order valence-corrected chi connectivity index (χ3v) is 3.91. The third-order valence-electron chi connectivity index (χ3n) is 2.18. The van der Waals surface area contributed by atoms with Crippen LogP contribution in [0.4, 0.5) is 0 Å². The van der Waals surface area contributed by atoms with Crippen molar-refractivity contribution in [2.45, 2.75) is 37.8 Å². The van der Waals surface area contributed by atoms with Crippen LogP contribution in [0.2, 0.25) is 0 Å². The summed E-state index contributed by atoms with van der Waals surface area (Å²) in [6.07, 6.45) is 8.66. The van der Waals surface area contributed by atoms with Gasteiger partial charge in [-0.05, 0) is 31.2 Å². The fourth-order valence-corrected chi connectivity index (χ4v) is 2.99. The van der Waals surface area contributed by atoms with Crippen molar-refractivity contribution in [3.8, 4) is 0 Å². The summed E-state index contributed by atoms with van der Waals surface area (Å²) < 4.78 is 0. The van der Waals surface area contributed by atoms with E-state index in [1.54, 1.807) is 0 Å². The van der Waals surface area contributed by atoms with Crippen LogP contribution < -0.4 is 5.73 Å². The molecule has 0 saturated heterocycles. The molecule has 0 aromatic carbocycles. The van der Waals surface area contributed by atoms with E-state index in [-0.39, 0.29) is 0 Å². The van der Waals surface area contributed by atoms with Crippen LogP contribution in [0.5, 0.6) is 0 Å². The second kappa shape index (κ2) is 5.09. The molecule has 1 atom stereocenters. The Kier molecular flexibility index (Phi) is 4.32. The fourth-order valence-electron chi connectivity index (χ4n) is 1.59. The lowest BCUT2D eigenvalue weighted by atomic mass is 10.0. The molecular weight excluding hydrogens is 141 g/mol. The van der Waals surface area contributed by atoms with Crippen molar-refractivity contribution in [2.24, 2.45) is 5.73 Å². The zero-order valence-electron chi connectivity index (χ0n) is 6.60. The summed E-state index contributed by atoms with van der Waals surface area (Å²) in [5.41, 5.74) is 6.51. The lowest BCUT2D eigenvalue weighted by Crippen LogP contribution is -2.10. The Morgan fingerprint density at radius 2 is 1.90 bits per heavy atom. The molecule has 1 aliphatic rings.